The van der Waals surface area contributed by atoms with Gasteiger partial charge in [-0.25, -0.2) is 9.36 Å². The van der Waals surface area contributed by atoms with Crippen LogP contribution in [0.1, 0.15) is 249 Å². The topological polar surface area (TPSA) is 261 Å². The molecule has 0 spiro atoms. The number of nitrogens with zero attached hydrogens (tertiary/aromatic N) is 1. The standard InChI is InChI=1S/C77H128N3O19P/c1-3-5-7-9-11-13-15-17-19-21-23-25-27-29-31-41-75(83)96-66-71(99-76(84)42-32-30-28-26-24-22-20-18-16-14-12-10-8-6-4-2)67-98-100(86,87)97-50-48-79-77(85)95-64-63-94-62-61-93-60-59-92-58-57-91-56-55-90-54-53-89-52-51-88-49-47-78-73(81)45-46-74(82)80-65-70-39-34-33-37-68(70)43-44-69-38-35-36-40-72(69)80/h33-40,71H,3-32,41-42,45-67H2,1-2H3,(H,78,81)(H,79,85)(H,86,87)/t71-/m1/s1. The summed E-state index contributed by atoms with van der Waals surface area (Å²) in [5.41, 5.74) is 3.35. The van der Waals surface area contributed by atoms with Crippen molar-refractivity contribution in [3.05, 3.63) is 65.2 Å². The van der Waals surface area contributed by atoms with E-state index in [4.69, 9.17) is 56.4 Å². The van der Waals surface area contributed by atoms with E-state index in [0.717, 1.165) is 60.9 Å². The number of phosphoric ester groups is 1. The Morgan fingerprint density at radius 2 is 0.830 bits per heavy atom. The summed E-state index contributed by atoms with van der Waals surface area (Å²) in [5, 5.41) is 5.24. The molecule has 3 amide bonds. The predicted octanol–water partition coefficient (Wildman–Crippen LogP) is 14.8. The Hall–Kier alpha value is -5.02. The zero-order valence-electron chi connectivity index (χ0n) is 61.3. The second kappa shape index (κ2) is 63.7. The number of hydrogen-bond acceptors (Lipinski definition) is 18. The van der Waals surface area contributed by atoms with E-state index in [9.17, 15) is 33.4 Å². The van der Waals surface area contributed by atoms with Gasteiger partial charge in [0.1, 0.15) is 13.2 Å². The van der Waals surface area contributed by atoms with E-state index >= 15 is 0 Å². The summed E-state index contributed by atoms with van der Waals surface area (Å²) in [6.45, 7) is 8.63. The van der Waals surface area contributed by atoms with Crippen molar-refractivity contribution in [2.45, 2.75) is 245 Å². The van der Waals surface area contributed by atoms with Crippen molar-refractivity contribution in [2.75, 3.05) is 137 Å². The number of alkyl carbamates (subject to hydrolysis) is 1. The summed E-state index contributed by atoms with van der Waals surface area (Å²) in [7, 11) is -4.66. The van der Waals surface area contributed by atoms with Crippen LogP contribution < -0.4 is 15.5 Å². The third-order valence-electron chi connectivity index (χ3n) is 16.7. The van der Waals surface area contributed by atoms with E-state index in [0.29, 0.717) is 105 Å². The number of unbranched alkanes of at least 4 members (excludes halogenated alkanes) is 28. The molecule has 2 atom stereocenters. The van der Waals surface area contributed by atoms with Crippen LogP contribution in [0.4, 0.5) is 10.5 Å². The molecule has 1 unspecified atom stereocenters. The minimum Gasteiger partial charge on any atom is -0.462 e. The third-order valence-corrected chi connectivity index (χ3v) is 17.7. The van der Waals surface area contributed by atoms with E-state index in [-0.39, 0.29) is 77.1 Å². The van der Waals surface area contributed by atoms with Crippen LogP contribution in [0.2, 0.25) is 0 Å². The monoisotopic (exact) mass is 1430 g/mol. The van der Waals surface area contributed by atoms with Crippen LogP contribution in [0.15, 0.2) is 48.5 Å². The molecule has 23 heteroatoms. The number of phosphoric acid groups is 1. The highest BCUT2D eigenvalue weighted by molar-refractivity contribution is 7.47. The van der Waals surface area contributed by atoms with Gasteiger partial charge < -0.3 is 67.8 Å². The van der Waals surface area contributed by atoms with Crippen molar-refractivity contribution in [2.24, 2.45) is 0 Å². The van der Waals surface area contributed by atoms with Crippen LogP contribution in [0.5, 0.6) is 0 Å². The number of amides is 3. The van der Waals surface area contributed by atoms with Crippen LogP contribution in [0.3, 0.4) is 0 Å². The van der Waals surface area contributed by atoms with Crippen molar-refractivity contribution >= 4 is 43.4 Å². The lowest BCUT2D eigenvalue weighted by Gasteiger charge is -2.26. The molecule has 0 saturated carbocycles. The molecule has 100 heavy (non-hydrogen) atoms. The first-order valence-corrected chi connectivity index (χ1v) is 39.7. The number of carbonyl (C=O) groups is 5. The molecule has 22 nitrogen and oxygen atoms in total. The van der Waals surface area contributed by atoms with Crippen LogP contribution in [-0.2, 0) is 86.7 Å². The van der Waals surface area contributed by atoms with Crippen LogP contribution >= 0.6 is 7.82 Å². The first-order valence-electron chi connectivity index (χ1n) is 38.2. The molecule has 3 N–H and O–H groups in total. The normalized spacial score (nSPS) is 12.7. The maximum Gasteiger partial charge on any atom is 0.472 e. The van der Waals surface area contributed by atoms with Gasteiger partial charge in [0.15, 0.2) is 6.10 Å². The van der Waals surface area contributed by atoms with E-state index in [1.807, 2.05) is 48.5 Å². The Labute approximate surface area is 600 Å². The number of benzene rings is 2. The number of esters is 2. The van der Waals surface area contributed by atoms with E-state index in [2.05, 4.69) is 36.3 Å². The van der Waals surface area contributed by atoms with E-state index < -0.39 is 38.6 Å². The molecule has 0 fully saturated rings. The fourth-order valence-corrected chi connectivity index (χ4v) is 11.8. The maximum absolute atomic E-state index is 13.4. The molecule has 1 aliphatic rings. The number of carbonyl (C=O) groups excluding carboxylic acids is 5. The molecule has 0 aromatic heterocycles. The Bertz CT molecular complexity index is 2500. The molecule has 0 bridgehead atoms. The van der Waals surface area contributed by atoms with Gasteiger partial charge in [0.05, 0.1) is 118 Å². The molecule has 3 rings (SSSR count). The van der Waals surface area contributed by atoms with Gasteiger partial charge in [-0.15, -0.1) is 0 Å². The summed E-state index contributed by atoms with van der Waals surface area (Å²) in [4.78, 5) is 75.9. The van der Waals surface area contributed by atoms with Crippen molar-refractivity contribution < 1.29 is 89.8 Å². The lowest BCUT2D eigenvalue weighted by Crippen LogP contribution is -2.34. The van der Waals surface area contributed by atoms with E-state index in [1.165, 1.54) is 141 Å². The predicted molar refractivity (Wildman–Crippen MR) is 389 cm³/mol. The van der Waals surface area contributed by atoms with Gasteiger partial charge in [-0.3, -0.25) is 28.2 Å². The molecule has 570 valence electrons. The smallest absolute Gasteiger partial charge is 0.462 e. The lowest BCUT2D eigenvalue weighted by molar-refractivity contribution is -0.161. The largest absolute Gasteiger partial charge is 0.472 e. The summed E-state index contributed by atoms with van der Waals surface area (Å²) in [6, 6.07) is 15.3. The van der Waals surface area contributed by atoms with Crippen LogP contribution in [0, 0.1) is 11.8 Å². The van der Waals surface area contributed by atoms with Gasteiger partial charge in [-0.2, -0.15) is 0 Å². The first kappa shape index (κ1) is 89.2. The molecule has 2 aromatic carbocycles. The third kappa shape index (κ3) is 51.2. The molecular formula is C77H128N3O19P. The Kier molecular flexibility index (Phi) is 56.8. The summed E-state index contributed by atoms with van der Waals surface area (Å²) < 4.78 is 77.9. The maximum atomic E-state index is 13.4. The molecule has 0 saturated heterocycles. The van der Waals surface area contributed by atoms with Crippen molar-refractivity contribution in [3.8, 4) is 11.8 Å². The minimum atomic E-state index is -4.66. The zero-order valence-corrected chi connectivity index (χ0v) is 62.2. The second-order valence-electron chi connectivity index (χ2n) is 25.4. The van der Waals surface area contributed by atoms with E-state index in [1.54, 1.807) is 4.90 Å². The molecule has 2 aromatic rings. The SMILES string of the molecule is CCCCCCCCCCCCCCCCCC(=O)OC[C@H](COP(=O)(O)OCCNC(=O)OCCOCCOCCOCCOCCOCCOCCOCCNC(=O)CCC(=O)N1Cc2ccccc2C#Cc2ccccc21)OC(=O)CCCCCCCCCCCCCCCCC. The Morgan fingerprint density at radius 3 is 1.32 bits per heavy atom. The molecule has 1 aliphatic heterocycles. The molecule has 0 aliphatic carbocycles. The van der Waals surface area contributed by atoms with Gasteiger partial charge in [0.2, 0.25) is 11.8 Å². The average Bonchev–Trinajstić information content (AvgIpc) is 0.807. The van der Waals surface area contributed by atoms with Crippen LogP contribution in [0.25, 0.3) is 0 Å². The molecule has 0 radical (unpaired) electrons. The quantitative estimate of drug-likeness (QED) is 0.0183. The molecule has 1 heterocycles. The van der Waals surface area contributed by atoms with Crippen molar-refractivity contribution in [1.29, 1.82) is 0 Å². The van der Waals surface area contributed by atoms with Crippen molar-refractivity contribution in [1.82, 2.24) is 10.6 Å². The highest BCUT2D eigenvalue weighted by Gasteiger charge is 2.27. The zero-order chi connectivity index (χ0) is 71.7. The Morgan fingerprint density at radius 1 is 0.430 bits per heavy atom. The van der Waals surface area contributed by atoms with Crippen LogP contribution in [-0.4, -0.2) is 173 Å². The fourth-order valence-electron chi connectivity index (χ4n) is 11.0. The molecular weight excluding hydrogens is 1300 g/mol. The second-order valence-corrected chi connectivity index (χ2v) is 26.8. The van der Waals surface area contributed by atoms with Gasteiger partial charge in [-0.05, 0) is 36.6 Å². The highest BCUT2D eigenvalue weighted by Crippen LogP contribution is 2.43. The number of ether oxygens (including phenoxy) is 10. The highest BCUT2D eigenvalue weighted by atomic mass is 31.2. The number of nitrogens with one attached hydrogen (secondary N) is 2. The van der Waals surface area contributed by atoms with Gasteiger partial charge in [-0.1, -0.05) is 236 Å². The number of para-hydroxylation sites is 1. The number of fused-ring (bicyclic) bond motifs is 2. The minimum absolute atomic E-state index is 0.0425. The van der Waals surface area contributed by atoms with Gasteiger partial charge >= 0.3 is 25.9 Å². The average molecular weight is 1430 g/mol. The summed E-state index contributed by atoms with van der Waals surface area (Å²) >= 11 is 0. The first-order chi connectivity index (χ1) is 49.0. The Balaban J connectivity index is 1.11. The summed E-state index contributed by atoms with van der Waals surface area (Å²) in [5.74, 6) is 5.10. The summed E-state index contributed by atoms with van der Waals surface area (Å²) in [6.07, 6.45) is 34.9. The fraction of sp³-hybridized carbons (Fsp3) is 0.753. The van der Waals surface area contributed by atoms with Crippen molar-refractivity contribution in [3.63, 3.8) is 0 Å². The number of rotatable bonds is 69. The lowest BCUT2D eigenvalue weighted by atomic mass is 10.0. The number of anilines is 1. The number of hydrogen-bond donors (Lipinski definition) is 3. The van der Waals surface area contributed by atoms with Gasteiger partial charge in [0, 0.05) is 49.9 Å². The van der Waals surface area contributed by atoms with Gasteiger partial charge in [0.25, 0.3) is 0 Å².